The van der Waals surface area contributed by atoms with Crippen LogP contribution in [-0.2, 0) is 4.79 Å². The van der Waals surface area contributed by atoms with E-state index in [2.05, 4.69) is 41.8 Å². The van der Waals surface area contributed by atoms with E-state index in [1.165, 1.54) is 11.1 Å². The number of carbonyl (C=O) groups excluding carboxylic acids is 1. The molecule has 1 aromatic heterocycles. The highest BCUT2D eigenvalue weighted by atomic mass is 16.3. The fourth-order valence-corrected chi connectivity index (χ4v) is 4.39. The summed E-state index contributed by atoms with van der Waals surface area (Å²) in [7, 11) is 0. The summed E-state index contributed by atoms with van der Waals surface area (Å²) in [5, 5.41) is 7.11. The van der Waals surface area contributed by atoms with Gasteiger partial charge in [0.15, 0.2) is 5.78 Å². The van der Waals surface area contributed by atoms with E-state index >= 15 is 0 Å². The number of rotatable bonds is 2. The lowest BCUT2D eigenvalue weighted by molar-refractivity contribution is -0.116. The molecule has 2 aromatic carbocycles. The van der Waals surface area contributed by atoms with Gasteiger partial charge in [-0.1, -0.05) is 42.0 Å². The second-order valence-corrected chi connectivity index (χ2v) is 8.03. The summed E-state index contributed by atoms with van der Waals surface area (Å²) in [6, 6.07) is 20.2. The number of fused-ring (bicyclic) bond motifs is 1. The van der Waals surface area contributed by atoms with Crippen LogP contribution < -0.4 is 10.6 Å². The molecular formula is C25H24N2O2. The predicted molar refractivity (Wildman–Crippen MR) is 115 cm³/mol. The highest BCUT2D eigenvalue weighted by Crippen LogP contribution is 2.44. The fourth-order valence-electron chi connectivity index (χ4n) is 4.39. The molecule has 0 amide bonds. The van der Waals surface area contributed by atoms with Crippen molar-refractivity contribution in [3.63, 3.8) is 0 Å². The Bertz CT molecular complexity index is 1110. The SMILES string of the molecule is Cc1ccc([C@@H]2CC(=O)C3=C(C2)Nc2ccccc2N[C@@H]3c2ccc(C)o2)cc1. The van der Waals surface area contributed by atoms with E-state index in [1.807, 2.05) is 43.3 Å². The van der Waals surface area contributed by atoms with Crippen LogP contribution in [0.25, 0.3) is 0 Å². The summed E-state index contributed by atoms with van der Waals surface area (Å²) in [6.45, 7) is 4.01. The Hall–Kier alpha value is -3.27. The van der Waals surface area contributed by atoms with Gasteiger partial charge in [0.25, 0.3) is 0 Å². The Morgan fingerprint density at radius 1 is 0.897 bits per heavy atom. The molecule has 5 rings (SSSR count). The highest BCUT2D eigenvalue weighted by Gasteiger charge is 2.37. The second-order valence-electron chi connectivity index (χ2n) is 8.03. The molecule has 2 aliphatic rings. The number of anilines is 2. The minimum atomic E-state index is -0.290. The summed E-state index contributed by atoms with van der Waals surface area (Å²) in [4.78, 5) is 13.4. The average molecular weight is 384 g/mol. The van der Waals surface area contributed by atoms with Gasteiger partial charge in [-0.05, 0) is 56.0 Å². The molecule has 4 heteroatoms. The van der Waals surface area contributed by atoms with Crippen molar-refractivity contribution >= 4 is 17.2 Å². The van der Waals surface area contributed by atoms with Crippen LogP contribution >= 0.6 is 0 Å². The molecule has 29 heavy (non-hydrogen) atoms. The number of para-hydroxylation sites is 2. The van der Waals surface area contributed by atoms with Crippen molar-refractivity contribution < 1.29 is 9.21 Å². The first-order valence-electron chi connectivity index (χ1n) is 10.1. The number of hydrogen-bond donors (Lipinski definition) is 2. The number of Topliss-reactive ketones (excluding diaryl/α,β-unsaturated/α-hetero) is 1. The molecule has 4 nitrogen and oxygen atoms in total. The summed E-state index contributed by atoms with van der Waals surface area (Å²) in [6.07, 6.45) is 1.31. The molecule has 0 unspecified atom stereocenters. The molecule has 1 aliphatic carbocycles. The molecule has 0 bridgehead atoms. The lowest BCUT2D eigenvalue weighted by Crippen LogP contribution is -2.26. The van der Waals surface area contributed by atoms with Crippen LogP contribution in [0.1, 0.15) is 47.4 Å². The Labute approximate surface area is 170 Å². The maximum absolute atomic E-state index is 13.4. The van der Waals surface area contributed by atoms with Crippen LogP contribution in [0.5, 0.6) is 0 Å². The van der Waals surface area contributed by atoms with Crippen molar-refractivity contribution in [2.24, 2.45) is 0 Å². The van der Waals surface area contributed by atoms with Crippen LogP contribution in [0.2, 0.25) is 0 Å². The van der Waals surface area contributed by atoms with E-state index < -0.39 is 0 Å². The summed E-state index contributed by atoms with van der Waals surface area (Å²) in [5.41, 5.74) is 6.19. The third kappa shape index (κ3) is 3.25. The lowest BCUT2D eigenvalue weighted by atomic mass is 9.79. The van der Waals surface area contributed by atoms with E-state index in [4.69, 9.17) is 4.42 Å². The minimum Gasteiger partial charge on any atom is -0.464 e. The van der Waals surface area contributed by atoms with Crippen LogP contribution in [-0.4, -0.2) is 5.78 Å². The largest absolute Gasteiger partial charge is 0.464 e. The molecule has 0 radical (unpaired) electrons. The minimum absolute atomic E-state index is 0.170. The molecule has 0 saturated heterocycles. The maximum Gasteiger partial charge on any atom is 0.163 e. The Morgan fingerprint density at radius 3 is 2.38 bits per heavy atom. The third-order valence-corrected chi connectivity index (χ3v) is 5.90. The molecule has 3 aromatic rings. The Morgan fingerprint density at radius 2 is 1.66 bits per heavy atom. The Kier molecular flexibility index (Phi) is 4.27. The van der Waals surface area contributed by atoms with Crippen molar-refractivity contribution in [1.29, 1.82) is 0 Å². The van der Waals surface area contributed by atoms with Crippen molar-refractivity contribution in [1.82, 2.24) is 0 Å². The number of carbonyl (C=O) groups is 1. The molecule has 0 spiro atoms. The third-order valence-electron chi connectivity index (χ3n) is 5.90. The topological polar surface area (TPSA) is 54.3 Å². The zero-order valence-electron chi connectivity index (χ0n) is 16.7. The Balaban J connectivity index is 1.60. The molecule has 2 atom stereocenters. The van der Waals surface area contributed by atoms with Crippen LogP contribution in [0.3, 0.4) is 0 Å². The van der Waals surface area contributed by atoms with Crippen molar-refractivity contribution in [2.75, 3.05) is 10.6 Å². The zero-order valence-corrected chi connectivity index (χ0v) is 16.7. The first kappa shape index (κ1) is 17.8. The predicted octanol–water partition coefficient (Wildman–Crippen LogP) is 5.88. The molecule has 1 aliphatic heterocycles. The monoisotopic (exact) mass is 384 g/mol. The van der Waals surface area contributed by atoms with Gasteiger partial charge in [0.2, 0.25) is 0 Å². The number of hydrogen-bond acceptors (Lipinski definition) is 4. The van der Waals surface area contributed by atoms with E-state index in [9.17, 15) is 4.79 Å². The molecular weight excluding hydrogens is 360 g/mol. The number of benzene rings is 2. The van der Waals surface area contributed by atoms with Gasteiger partial charge in [0.05, 0.1) is 11.4 Å². The summed E-state index contributed by atoms with van der Waals surface area (Å²) < 4.78 is 5.94. The van der Waals surface area contributed by atoms with Gasteiger partial charge in [0, 0.05) is 17.7 Å². The van der Waals surface area contributed by atoms with E-state index in [-0.39, 0.29) is 17.7 Å². The highest BCUT2D eigenvalue weighted by molar-refractivity contribution is 6.01. The van der Waals surface area contributed by atoms with Crippen molar-refractivity contribution in [3.05, 3.63) is 94.6 Å². The van der Waals surface area contributed by atoms with Gasteiger partial charge in [-0.15, -0.1) is 0 Å². The number of aryl methyl sites for hydroxylation is 2. The van der Waals surface area contributed by atoms with Gasteiger partial charge >= 0.3 is 0 Å². The zero-order chi connectivity index (χ0) is 20.0. The van der Waals surface area contributed by atoms with Gasteiger partial charge in [-0.2, -0.15) is 0 Å². The normalized spacial score (nSPS) is 21.0. The molecule has 0 saturated carbocycles. The number of ketones is 1. The van der Waals surface area contributed by atoms with Crippen LogP contribution in [0, 0.1) is 13.8 Å². The maximum atomic E-state index is 13.4. The first-order valence-corrected chi connectivity index (χ1v) is 10.1. The molecule has 2 heterocycles. The van der Waals surface area contributed by atoms with Gasteiger partial charge in [0.1, 0.15) is 17.6 Å². The van der Waals surface area contributed by atoms with Gasteiger partial charge in [-0.25, -0.2) is 0 Å². The number of furan rings is 1. The number of nitrogens with one attached hydrogen (secondary N) is 2. The quantitative estimate of drug-likeness (QED) is 0.580. The van der Waals surface area contributed by atoms with Crippen LogP contribution in [0.4, 0.5) is 11.4 Å². The molecule has 146 valence electrons. The van der Waals surface area contributed by atoms with Gasteiger partial charge in [-0.3, -0.25) is 4.79 Å². The van der Waals surface area contributed by atoms with E-state index in [0.717, 1.165) is 40.6 Å². The van der Waals surface area contributed by atoms with Crippen LogP contribution in [0.15, 0.2) is 76.4 Å². The van der Waals surface area contributed by atoms with Gasteiger partial charge < -0.3 is 15.1 Å². The molecule has 2 N–H and O–H groups in total. The van der Waals surface area contributed by atoms with Crippen molar-refractivity contribution in [3.8, 4) is 0 Å². The average Bonchev–Trinajstić information content (AvgIpc) is 3.06. The molecule has 0 fully saturated rings. The second kappa shape index (κ2) is 6.96. The fraction of sp³-hybridized carbons (Fsp3) is 0.240. The summed E-state index contributed by atoms with van der Waals surface area (Å²) >= 11 is 0. The van der Waals surface area contributed by atoms with E-state index in [0.29, 0.717) is 6.42 Å². The van der Waals surface area contributed by atoms with E-state index in [1.54, 1.807) is 0 Å². The smallest absolute Gasteiger partial charge is 0.163 e. The lowest BCUT2D eigenvalue weighted by Gasteiger charge is -2.29. The standard InChI is InChI=1S/C25H24N2O2/c1-15-7-10-17(11-8-15)18-13-21-24(22(28)14-18)25(23-12-9-16(2)29-23)27-20-6-4-3-5-19(20)26-21/h3-12,18,25-27H,13-14H2,1-2H3/t18-,25+/m0/s1. The number of allylic oxidation sites excluding steroid dienone is 1. The first-order chi connectivity index (χ1) is 14.1. The van der Waals surface area contributed by atoms with Crippen molar-refractivity contribution in [2.45, 2.75) is 38.6 Å². The summed E-state index contributed by atoms with van der Waals surface area (Å²) in [5.74, 6) is 1.97.